The number of benzene rings is 4. The van der Waals surface area contributed by atoms with E-state index < -0.39 is 0 Å². The van der Waals surface area contributed by atoms with E-state index in [9.17, 15) is 14.4 Å². The zero-order valence-corrected chi connectivity index (χ0v) is 30.4. The molecule has 3 heterocycles. The molecular formula is C42H40N4O5S. The van der Waals surface area contributed by atoms with Crippen LogP contribution in [-0.2, 0) is 26.4 Å². The molecule has 1 aliphatic rings. The Bertz CT molecular complexity index is 2550. The summed E-state index contributed by atoms with van der Waals surface area (Å²) in [6.07, 6.45) is 5.22. The second kappa shape index (κ2) is 14.9. The van der Waals surface area contributed by atoms with E-state index in [1.807, 2.05) is 49.4 Å². The molecule has 0 atom stereocenters. The number of anilines is 1. The van der Waals surface area contributed by atoms with Crippen LogP contribution in [0, 0.1) is 6.92 Å². The number of hydrogen-bond acceptors (Lipinski definition) is 7. The Morgan fingerprint density at radius 3 is 2.42 bits per heavy atom. The van der Waals surface area contributed by atoms with Crippen molar-refractivity contribution in [3.8, 4) is 11.5 Å². The predicted octanol–water partition coefficient (Wildman–Crippen LogP) is 5.12. The highest BCUT2D eigenvalue weighted by Gasteiger charge is 2.19. The van der Waals surface area contributed by atoms with Crippen LogP contribution in [0.2, 0.25) is 0 Å². The number of carbonyl (C=O) groups excluding carboxylic acids is 1. The minimum Gasteiger partial charge on any atom is -0.493 e. The Morgan fingerprint density at radius 1 is 0.923 bits per heavy atom. The van der Waals surface area contributed by atoms with Gasteiger partial charge in [-0.05, 0) is 108 Å². The molecule has 0 spiro atoms. The summed E-state index contributed by atoms with van der Waals surface area (Å²) in [5.74, 6) is 1.25. The third-order valence-corrected chi connectivity index (χ3v) is 10.9. The number of rotatable bonds is 9. The van der Waals surface area contributed by atoms with Crippen LogP contribution in [0.3, 0.4) is 0 Å². The summed E-state index contributed by atoms with van der Waals surface area (Å²) in [7, 11) is 4.93. The monoisotopic (exact) mass is 712 g/mol. The van der Waals surface area contributed by atoms with Gasteiger partial charge in [-0.1, -0.05) is 42.5 Å². The van der Waals surface area contributed by atoms with E-state index in [4.69, 9.17) is 9.47 Å². The first-order valence-electron chi connectivity index (χ1n) is 17.2. The molecule has 1 aliphatic heterocycles. The average Bonchev–Trinajstić information content (AvgIpc) is 3.48. The molecule has 0 saturated heterocycles. The summed E-state index contributed by atoms with van der Waals surface area (Å²) in [5, 5.41) is 4.52. The Labute approximate surface area is 305 Å². The summed E-state index contributed by atoms with van der Waals surface area (Å²) < 4.78 is 13.5. The quantitative estimate of drug-likeness (QED) is 0.216. The number of ether oxygens (including phenoxy) is 2. The van der Waals surface area contributed by atoms with E-state index in [2.05, 4.69) is 33.4 Å². The van der Waals surface area contributed by atoms with Crippen molar-refractivity contribution >= 4 is 45.2 Å². The third-order valence-electron chi connectivity index (χ3n) is 9.71. The Kier molecular flexibility index (Phi) is 9.93. The maximum Gasteiger partial charge on any atom is 0.274 e. The van der Waals surface area contributed by atoms with Gasteiger partial charge in [-0.15, -0.1) is 11.3 Å². The summed E-state index contributed by atoms with van der Waals surface area (Å²) >= 11 is 1.58. The Hall–Kier alpha value is -5.71. The van der Waals surface area contributed by atoms with Crippen LogP contribution in [0.4, 0.5) is 5.69 Å². The fraction of sp³-hybridized carbons (Fsp3) is 0.214. The van der Waals surface area contributed by atoms with E-state index in [-0.39, 0.29) is 27.7 Å². The molecule has 9 nitrogen and oxygen atoms in total. The van der Waals surface area contributed by atoms with Crippen molar-refractivity contribution in [2.75, 3.05) is 32.6 Å². The van der Waals surface area contributed by atoms with Crippen LogP contribution in [0.1, 0.15) is 43.1 Å². The first-order valence-corrected chi connectivity index (χ1v) is 18.0. The zero-order valence-electron chi connectivity index (χ0n) is 29.6. The number of thiophene rings is 1. The van der Waals surface area contributed by atoms with Crippen molar-refractivity contribution in [3.63, 3.8) is 0 Å². The number of aromatic amines is 1. The molecule has 6 aromatic rings. The first-order chi connectivity index (χ1) is 25.2. The number of nitrogens with one attached hydrogen (secondary N) is 2. The fourth-order valence-corrected chi connectivity index (χ4v) is 7.86. The molecule has 4 aromatic carbocycles. The van der Waals surface area contributed by atoms with Gasteiger partial charge in [-0.25, -0.2) is 0 Å². The fourth-order valence-electron chi connectivity index (χ4n) is 6.71. The van der Waals surface area contributed by atoms with Crippen molar-refractivity contribution in [3.05, 3.63) is 155 Å². The minimum atomic E-state index is -0.370. The van der Waals surface area contributed by atoms with Gasteiger partial charge in [0, 0.05) is 47.5 Å². The number of fused-ring (bicyclic) bond motifs is 2. The first kappa shape index (κ1) is 34.7. The molecule has 7 rings (SSSR count). The highest BCUT2D eigenvalue weighted by molar-refractivity contribution is 7.20. The standard InChI is InChI=1S/C42H40N4O5S/c1-26-33-10-5-6-11-38(33)52-39(26)24-35-41(48)44-34(42(49)45(35)2)21-28-8-7-9-30(20-28)40(47)43-32-14-12-27(13-15-32)16-18-46-19-17-29-22-36(50-3)37(51-4)23-31(29)25-46/h5-15,20-24H,16-19,25H2,1-4H3,(H,43,47)(H,44,48)/b34-21-,35-24-. The number of aryl methyl sites for hydroxylation is 1. The lowest BCUT2D eigenvalue weighted by Gasteiger charge is -2.29. The molecule has 264 valence electrons. The number of H-pyrrole nitrogens is 1. The van der Waals surface area contributed by atoms with Crippen molar-refractivity contribution in [1.29, 1.82) is 0 Å². The number of amides is 1. The lowest BCUT2D eigenvalue weighted by molar-refractivity contribution is 0.102. The lowest BCUT2D eigenvalue weighted by atomic mass is 9.98. The zero-order chi connectivity index (χ0) is 36.4. The molecule has 0 unspecified atom stereocenters. The molecular weight excluding hydrogens is 673 g/mol. The number of methoxy groups -OCH3 is 2. The maximum atomic E-state index is 13.4. The lowest BCUT2D eigenvalue weighted by Crippen LogP contribution is -2.52. The third kappa shape index (κ3) is 7.21. The molecule has 10 heteroatoms. The topological polar surface area (TPSA) is 106 Å². The van der Waals surface area contributed by atoms with Gasteiger partial charge in [0.25, 0.3) is 17.0 Å². The second-order valence-corrected chi connectivity index (χ2v) is 14.1. The molecule has 52 heavy (non-hydrogen) atoms. The number of carbonyl (C=O) groups is 1. The van der Waals surface area contributed by atoms with Gasteiger partial charge in [-0.2, -0.15) is 0 Å². The van der Waals surface area contributed by atoms with Crippen molar-refractivity contribution in [2.45, 2.75) is 26.3 Å². The molecule has 0 bridgehead atoms. The SMILES string of the molecule is COc1cc2c(cc1OC)CN(CCc1ccc(NC(=O)c3cccc(/C=c4\[nH]c(=O)/c(=C/c5sc6ccccc6c5C)n(C)c4=O)c3)cc1)CC2. The van der Waals surface area contributed by atoms with Gasteiger partial charge in [0.2, 0.25) is 0 Å². The molecule has 2 N–H and O–H groups in total. The van der Waals surface area contributed by atoms with Gasteiger partial charge in [0.1, 0.15) is 10.7 Å². The summed E-state index contributed by atoms with van der Waals surface area (Å²) in [6, 6.07) is 27.1. The normalized spacial score (nSPS) is 13.7. The minimum absolute atomic E-state index is 0.138. The van der Waals surface area contributed by atoms with E-state index in [1.54, 1.807) is 69.0 Å². The highest BCUT2D eigenvalue weighted by Crippen LogP contribution is 2.33. The number of nitrogens with zero attached hydrogens (tertiary/aromatic N) is 2. The summed E-state index contributed by atoms with van der Waals surface area (Å²) in [6.45, 7) is 4.78. The van der Waals surface area contributed by atoms with Crippen LogP contribution < -0.4 is 36.6 Å². The molecule has 0 fully saturated rings. The Balaban J connectivity index is 1.01. The van der Waals surface area contributed by atoms with Crippen LogP contribution in [-0.4, -0.2) is 47.7 Å². The van der Waals surface area contributed by atoms with Crippen molar-refractivity contribution in [1.82, 2.24) is 14.5 Å². The van der Waals surface area contributed by atoms with Gasteiger partial charge in [0.15, 0.2) is 11.5 Å². The summed E-state index contributed by atoms with van der Waals surface area (Å²) in [5.41, 5.74) is 5.85. The molecule has 0 radical (unpaired) electrons. The van der Waals surface area contributed by atoms with E-state index in [0.29, 0.717) is 16.8 Å². The number of aromatic nitrogens is 2. The van der Waals surface area contributed by atoms with Gasteiger partial charge in [0.05, 0.1) is 14.2 Å². The van der Waals surface area contributed by atoms with Crippen LogP contribution in [0.15, 0.2) is 94.5 Å². The van der Waals surface area contributed by atoms with Gasteiger partial charge < -0.3 is 24.3 Å². The van der Waals surface area contributed by atoms with Gasteiger partial charge >= 0.3 is 0 Å². The smallest absolute Gasteiger partial charge is 0.274 e. The molecule has 1 amide bonds. The van der Waals surface area contributed by atoms with E-state index >= 15 is 0 Å². The largest absolute Gasteiger partial charge is 0.493 e. The van der Waals surface area contributed by atoms with Crippen LogP contribution in [0.5, 0.6) is 11.5 Å². The second-order valence-electron chi connectivity index (χ2n) is 13.0. The maximum absolute atomic E-state index is 13.4. The molecule has 0 aliphatic carbocycles. The summed E-state index contributed by atoms with van der Waals surface area (Å²) in [4.78, 5) is 45.9. The van der Waals surface area contributed by atoms with Crippen LogP contribution >= 0.6 is 11.3 Å². The average molecular weight is 713 g/mol. The number of hydrogen-bond donors (Lipinski definition) is 2. The van der Waals surface area contributed by atoms with E-state index in [0.717, 1.165) is 64.5 Å². The van der Waals surface area contributed by atoms with E-state index in [1.165, 1.54) is 21.3 Å². The Morgan fingerprint density at radius 2 is 1.67 bits per heavy atom. The molecule has 0 saturated carbocycles. The van der Waals surface area contributed by atoms with Crippen LogP contribution in [0.25, 0.3) is 22.2 Å². The molecule has 2 aromatic heterocycles. The van der Waals surface area contributed by atoms with Gasteiger partial charge in [-0.3, -0.25) is 19.3 Å². The predicted molar refractivity (Wildman–Crippen MR) is 208 cm³/mol. The highest BCUT2D eigenvalue weighted by atomic mass is 32.1. The van der Waals surface area contributed by atoms with Crippen molar-refractivity contribution < 1.29 is 14.3 Å². The van der Waals surface area contributed by atoms with Crippen molar-refractivity contribution in [2.24, 2.45) is 7.05 Å².